The second-order valence-corrected chi connectivity index (χ2v) is 6.83. The highest BCUT2D eigenvalue weighted by molar-refractivity contribution is 7.92. The number of sulfone groups is 1. The summed E-state index contributed by atoms with van der Waals surface area (Å²) < 4.78 is 60.7. The lowest BCUT2D eigenvalue weighted by Crippen LogP contribution is -2.39. The van der Waals surface area contributed by atoms with Crippen molar-refractivity contribution >= 4 is 15.5 Å². The van der Waals surface area contributed by atoms with Crippen LogP contribution in [0.5, 0.6) is 0 Å². The Balaban J connectivity index is 2.18. The molecular formula is C12H15F3N2O2S. The third kappa shape index (κ3) is 2.90. The van der Waals surface area contributed by atoms with E-state index in [0.29, 0.717) is 6.54 Å². The first-order valence-electron chi connectivity index (χ1n) is 6.11. The maximum atomic E-state index is 12.6. The van der Waals surface area contributed by atoms with Gasteiger partial charge in [0.2, 0.25) is 0 Å². The molecule has 2 rings (SSSR count). The molecule has 8 heteroatoms. The van der Waals surface area contributed by atoms with Gasteiger partial charge in [0.25, 0.3) is 9.84 Å². The average Bonchev–Trinajstić information content (AvgIpc) is 2.32. The summed E-state index contributed by atoms with van der Waals surface area (Å²) in [6.07, 6.45) is 1.59. The standard InChI is InChI=1S/C12H15F3N2O2S/c13-12(14,15)20(18,19)11-4-2-1-3-10(11)17-7-8-5-9(16)6-8/h1-4,8-9,17H,5-7,16H2. The Morgan fingerprint density at radius 2 is 1.85 bits per heavy atom. The lowest BCUT2D eigenvalue weighted by Gasteiger charge is -2.32. The van der Waals surface area contributed by atoms with Crippen LogP contribution in [-0.4, -0.2) is 26.5 Å². The van der Waals surface area contributed by atoms with Crippen LogP contribution in [0.15, 0.2) is 29.2 Å². The Morgan fingerprint density at radius 1 is 1.25 bits per heavy atom. The number of anilines is 1. The van der Waals surface area contributed by atoms with Gasteiger partial charge in [0.15, 0.2) is 0 Å². The minimum absolute atomic E-state index is 0.0229. The van der Waals surface area contributed by atoms with Gasteiger partial charge < -0.3 is 11.1 Å². The molecule has 112 valence electrons. The SMILES string of the molecule is NC1CC(CNc2ccccc2S(=O)(=O)C(F)(F)F)C1. The number of benzene rings is 1. The number of rotatable bonds is 4. The van der Waals surface area contributed by atoms with Gasteiger partial charge in [-0.15, -0.1) is 0 Å². The highest BCUT2D eigenvalue weighted by Gasteiger charge is 2.47. The van der Waals surface area contributed by atoms with Gasteiger partial charge >= 0.3 is 5.51 Å². The summed E-state index contributed by atoms with van der Waals surface area (Å²) in [5.74, 6) is 0.270. The zero-order valence-corrected chi connectivity index (χ0v) is 11.3. The third-order valence-corrected chi connectivity index (χ3v) is 4.88. The van der Waals surface area contributed by atoms with E-state index < -0.39 is 20.2 Å². The molecule has 0 saturated heterocycles. The molecule has 0 unspecified atom stereocenters. The number of alkyl halides is 3. The molecule has 0 heterocycles. The summed E-state index contributed by atoms with van der Waals surface area (Å²) in [5, 5.41) is 2.78. The van der Waals surface area contributed by atoms with Crippen LogP contribution in [0.1, 0.15) is 12.8 Å². The molecule has 1 saturated carbocycles. The highest BCUT2D eigenvalue weighted by Crippen LogP contribution is 2.34. The smallest absolute Gasteiger partial charge is 0.384 e. The van der Waals surface area contributed by atoms with Crippen molar-refractivity contribution < 1.29 is 21.6 Å². The van der Waals surface area contributed by atoms with Gasteiger partial charge in [-0.3, -0.25) is 0 Å². The van der Waals surface area contributed by atoms with Gasteiger partial charge in [-0.25, -0.2) is 8.42 Å². The molecule has 0 bridgehead atoms. The van der Waals surface area contributed by atoms with E-state index in [1.165, 1.54) is 18.2 Å². The number of para-hydroxylation sites is 1. The summed E-state index contributed by atoms with van der Waals surface area (Å²) >= 11 is 0. The molecule has 20 heavy (non-hydrogen) atoms. The van der Waals surface area contributed by atoms with Crippen molar-refractivity contribution in [2.45, 2.75) is 29.3 Å². The largest absolute Gasteiger partial charge is 0.501 e. The zero-order valence-electron chi connectivity index (χ0n) is 10.5. The molecule has 3 N–H and O–H groups in total. The van der Waals surface area contributed by atoms with Crippen LogP contribution in [-0.2, 0) is 9.84 Å². The van der Waals surface area contributed by atoms with E-state index in [4.69, 9.17) is 5.73 Å². The number of hydrogen-bond acceptors (Lipinski definition) is 4. The molecule has 0 atom stereocenters. The van der Waals surface area contributed by atoms with Crippen LogP contribution < -0.4 is 11.1 Å². The van der Waals surface area contributed by atoms with Crippen LogP contribution in [0.4, 0.5) is 18.9 Å². The summed E-state index contributed by atoms with van der Waals surface area (Å²) in [6, 6.07) is 5.18. The van der Waals surface area contributed by atoms with E-state index >= 15 is 0 Å². The Labute approximate surface area is 115 Å². The van der Waals surface area contributed by atoms with E-state index in [1.807, 2.05) is 0 Å². The van der Waals surface area contributed by atoms with Crippen LogP contribution in [0.3, 0.4) is 0 Å². The fraction of sp³-hybridized carbons (Fsp3) is 0.500. The topological polar surface area (TPSA) is 72.2 Å². The predicted molar refractivity (Wildman–Crippen MR) is 68.9 cm³/mol. The molecule has 4 nitrogen and oxygen atoms in total. The molecule has 1 aromatic carbocycles. The molecule has 1 fully saturated rings. The molecule has 0 aliphatic heterocycles. The van der Waals surface area contributed by atoms with Crippen LogP contribution >= 0.6 is 0 Å². The number of halogens is 3. The minimum atomic E-state index is -5.34. The monoisotopic (exact) mass is 308 g/mol. The Morgan fingerprint density at radius 3 is 2.40 bits per heavy atom. The molecule has 0 aromatic heterocycles. The summed E-state index contributed by atoms with van der Waals surface area (Å²) in [7, 11) is -5.34. The van der Waals surface area contributed by atoms with Crippen LogP contribution in [0, 0.1) is 5.92 Å². The maximum Gasteiger partial charge on any atom is 0.501 e. The highest BCUT2D eigenvalue weighted by atomic mass is 32.2. The van der Waals surface area contributed by atoms with Crippen molar-refractivity contribution in [2.24, 2.45) is 11.7 Å². The Bertz CT molecular complexity index is 581. The molecule has 1 aliphatic carbocycles. The summed E-state index contributed by atoms with van der Waals surface area (Å²) in [5.41, 5.74) is 0.297. The molecular weight excluding hydrogens is 293 g/mol. The second-order valence-electron chi connectivity index (χ2n) is 4.92. The second kappa shape index (κ2) is 5.25. The normalized spacial score (nSPS) is 23.2. The Kier molecular flexibility index (Phi) is 3.97. The van der Waals surface area contributed by atoms with E-state index in [1.54, 1.807) is 0 Å². The lowest BCUT2D eigenvalue weighted by atomic mass is 9.81. The minimum Gasteiger partial charge on any atom is -0.384 e. The molecule has 0 spiro atoms. The van der Waals surface area contributed by atoms with Crippen molar-refractivity contribution in [2.75, 3.05) is 11.9 Å². The zero-order chi connectivity index (χ0) is 15.0. The fourth-order valence-electron chi connectivity index (χ4n) is 2.18. The molecule has 0 radical (unpaired) electrons. The van der Waals surface area contributed by atoms with Crippen LogP contribution in [0.25, 0.3) is 0 Å². The van der Waals surface area contributed by atoms with Crippen molar-refractivity contribution in [3.8, 4) is 0 Å². The predicted octanol–water partition coefficient (Wildman–Crippen LogP) is 2.13. The van der Waals surface area contributed by atoms with Gasteiger partial charge in [-0.05, 0) is 30.9 Å². The summed E-state index contributed by atoms with van der Waals surface area (Å²) in [6.45, 7) is 0.415. The van der Waals surface area contributed by atoms with Crippen molar-refractivity contribution in [1.82, 2.24) is 0 Å². The Hall–Kier alpha value is -1.28. The van der Waals surface area contributed by atoms with E-state index in [0.717, 1.165) is 18.9 Å². The maximum absolute atomic E-state index is 12.6. The van der Waals surface area contributed by atoms with E-state index in [9.17, 15) is 21.6 Å². The average molecular weight is 308 g/mol. The molecule has 1 aromatic rings. The number of nitrogens with two attached hydrogens (primary N) is 1. The van der Waals surface area contributed by atoms with Gasteiger partial charge in [-0.1, -0.05) is 12.1 Å². The fourth-order valence-corrected chi connectivity index (χ4v) is 3.12. The van der Waals surface area contributed by atoms with E-state index in [-0.39, 0.29) is 17.6 Å². The number of nitrogens with one attached hydrogen (secondary N) is 1. The van der Waals surface area contributed by atoms with Crippen LogP contribution in [0.2, 0.25) is 0 Å². The van der Waals surface area contributed by atoms with Gasteiger partial charge in [-0.2, -0.15) is 13.2 Å². The van der Waals surface area contributed by atoms with E-state index in [2.05, 4.69) is 5.32 Å². The van der Waals surface area contributed by atoms with Crippen molar-refractivity contribution in [1.29, 1.82) is 0 Å². The summed E-state index contributed by atoms with van der Waals surface area (Å²) in [4.78, 5) is -0.740. The van der Waals surface area contributed by atoms with Crippen molar-refractivity contribution in [3.05, 3.63) is 24.3 Å². The first kappa shape index (κ1) is 15.1. The number of hydrogen-bond donors (Lipinski definition) is 2. The first-order chi connectivity index (χ1) is 9.22. The molecule has 1 aliphatic rings. The third-order valence-electron chi connectivity index (χ3n) is 3.33. The van der Waals surface area contributed by atoms with Crippen molar-refractivity contribution in [3.63, 3.8) is 0 Å². The lowest BCUT2D eigenvalue weighted by molar-refractivity contribution is -0.0435. The quantitative estimate of drug-likeness (QED) is 0.894. The van der Waals surface area contributed by atoms with Gasteiger partial charge in [0.1, 0.15) is 0 Å². The van der Waals surface area contributed by atoms with Gasteiger partial charge in [0, 0.05) is 12.6 Å². The molecule has 0 amide bonds. The first-order valence-corrected chi connectivity index (χ1v) is 7.60. The van der Waals surface area contributed by atoms with Gasteiger partial charge in [0.05, 0.1) is 10.6 Å².